The minimum atomic E-state index is -3.14. The third kappa shape index (κ3) is 6.71. The number of aromatic amines is 1. The van der Waals surface area contributed by atoms with Gasteiger partial charge in [-0.2, -0.15) is 0 Å². The monoisotopic (exact) mass is 583 g/mol. The van der Waals surface area contributed by atoms with E-state index in [1.165, 1.54) is 23.8 Å². The van der Waals surface area contributed by atoms with Crippen LogP contribution in [-0.4, -0.2) is 72.9 Å². The third-order valence-corrected chi connectivity index (χ3v) is 10.2. The number of rotatable bonds is 8. The van der Waals surface area contributed by atoms with Crippen molar-refractivity contribution in [2.24, 2.45) is 11.8 Å². The van der Waals surface area contributed by atoms with Crippen LogP contribution in [0.5, 0.6) is 0 Å². The third-order valence-electron chi connectivity index (χ3n) is 8.15. The van der Waals surface area contributed by atoms with Gasteiger partial charge in [0.2, 0.25) is 10.0 Å². The van der Waals surface area contributed by atoms with E-state index in [-0.39, 0.29) is 6.04 Å². The fourth-order valence-electron chi connectivity index (χ4n) is 5.94. The lowest BCUT2D eigenvalue weighted by Crippen LogP contribution is -2.39. The van der Waals surface area contributed by atoms with Crippen LogP contribution in [0.15, 0.2) is 59.6 Å². The number of carbonyl (C=O) groups is 1. The highest BCUT2D eigenvalue weighted by molar-refractivity contribution is 7.98. The van der Waals surface area contributed by atoms with E-state index in [0.29, 0.717) is 30.6 Å². The summed E-state index contributed by atoms with van der Waals surface area (Å²) in [5, 5.41) is 2.67. The number of carbonyl (C=O) groups excluding carboxylic acids is 1. The van der Waals surface area contributed by atoms with Crippen LogP contribution in [0.2, 0.25) is 0 Å². The van der Waals surface area contributed by atoms with Gasteiger partial charge in [-0.15, -0.1) is 11.8 Å². The number of piperidine rings is 1. The zero-order chi connectivity index (χ0) is 28.3. The number of imidazole rings is 1. The molecule has 40 heavy (non-hydrogen) atoms. The normalized spacial score (nSPS) is 21.0. The van der Waals surface area contributed by atoms with Crippen LogP contribution in [-0.2, 0) is 21.3 Å². The van der Waals surface area contributed by atoms with Crippen molar-refractivity contribution in [3.63, 3.8) is 0 Å². The molecular weight excluding hydrogens is 546 g/mol. The molecular formula is C29H37N5O4S2. The number of ether oxygens (including phenoxy) is 1. The number of hydrogen-bond donors (Lipinski definition) is 2. The summed E-state index contributed by atoms with van der Waals surface area (Å²) in [6.45, 7) is 3.00. The Hall–Kier alpha value is -2.86. The lowest BCUT2D eigenvalue weighted by Gasteiger charge is -2.33. The Labute approximate surface area is 240 Å². The van der Waals surface area contributed by atoms with Crippen molar-refractivity contribution in [2.75, 3.05) is 44.6 Å². The van der Waals surface area contributed by atoms with Crippen molar-refractivity contribution in [1.29, 1.82) is 0 Å². The molecule has 11 heteroatoms. The van der Waals surface area contributed by atoms with E-state index in [1.54, 1.807) is 16.1 Å². The Morgan fingerprint density at radius 3 is 2.42 bits per heavy atom. The minimum Gasteiger partial charge on any atom is -0.453 e. The summed E-state index contributed by atoms with van der Waals surface area (Å²) in [4.78, 5) is 23.7. The zero-order valence-corrected chi connectivity index (χ0v) is 24.8. The number of likely N-dealkylation sites (tertiary alicyclic amines) is 1. The van der Waals surface area contributed by atoms with Gasteiger partial charge in [-0.25, -0.2) is 22.5 Å². The molecule has 0 spiro atoms. The summed E-state index contributed by atoms with van der Waals surface area (Å²) >= 11 is 1.74. The molecule has 0 radical (unpaired) electrons. The Morgan fingerprint density at radius 1 is 1.10 bits per heavy atom. The topological polar surface area (TPSA) is 108 Å². The van der Waals surface area contributed by atoms with Crippen LogP contribution in [0.4, 0.5) is 10.5 Å². The van der Waals surface area contributed by atoms with Crippen molar-refractivity contribution < 1.29 is 17.9 Å². The standard InChI is InChI=1S/C29H37N5O4S2/c1-38-29(35)31-24-8-6-22(7-9-24)26-17-30-28(32-26)27-16-23(21-12-14-34(15-13-21)40(3,36)37)19-33(27)18-20-4-10-25(39-2)11-5-20/h4-11,17,21,23,27H,12-16,18-19H2,1-3H3,(H,30,32)(H,31,35)/t23-,27-/m0/s1. The van der Waals surface area contributed by atoms with Gasteiger partial charge in [-0.1, -0.05) is 24.3 Å². The lowest BCUT2D eigenvalue weighted by atomic mass is 9.83. The molecule has 2 atom stereocenters. The molecule has 214 valence electrons. The predicted molar refractivity (Wildman–Crippen MR) is 159 cm³/mol. The quantitative estimate of drug-likeness (QED) is 0.351. The maximum absolute atomic E-state index is 12.0. The largest absolute Gasteiger partial charge is 0.453 e. The van der Waals surface area contributed by atoms with E-state index < -0.39 is 16.1 Å². The second kappa shape index (κ2) is 12.3. The van der Waals surface area contributed by atoms with Crippen LogP contribution >= 0.6 is 11.8 Å². The van der Waals surface area contributed by atoms with E-state index >= 15 is 0 Å². The highest BCUT2D eigenvalue weighted by Gasteiger charge is 2.40. The van der Waals surface area contributed by atoms with Crippen LogP contribution in [0, 0.1) is 11.8 Å². The van der Waals surface area contributed by atoms with Gasteiger partial charge in [0.1, 0.15) is 5.82 Å². The summed E-state index contributed by atoms with van der Waals surface area (Å²) in [6, 6.07) is 16.5. The minimum absolute atomic E-state index is 0.146. The van der Waals surface area contributed by atoms with Crippen molar-refractivity contribution in [3.05, 3.63) is 66.1 Å². The maximum Gasteiger partial charge on any atom is 0.411 e. The molecule has 9 nitrogen and oxygen atoms in total. The Kier molecular flexibility index (Phi) is 8.84. The first-order valence-electron chi connectivity index (χ1n) is 13.6. The Bertz CT molecular complexity index is 1400. The molecule has 0 bridgehead atoms. The number of nitrogens with zero attached hydrogens (tertiary/aromatic N) is 3. The summed E-state index contributed by atoms with van der Waals surface area (Å²) in [6.07, 6.45) is 7.55. The molecule has 1 amide bonds. The summed E-state index contributed by atoms with van der Waals surface area (Å²) in [7, 11) is -1.80. The van der Waals surface area contributed by atoms with Gasteiger partial charge in [0, 0.05) is 36.8 Å². The summed E-state index contributed by atoms with van der Waals surface area (Å²) in [5.41, 5.74) is 3.84. The Morgan fingerprint density at radius 2 is 1.80 bits per heavy atom. The van der Waals surface area contributed by atoms with E-state index in [4.69, 9.17) is 4.98 Å². The molecule has 0 saturated carbocycles. The first-order chi connectivity index (χ1) is 19.2. The van der Waals surface area contributed by atoms with Gasteiger partial charge in [0.05, 0.1) is 31.3 Å². The number of hydrogen-bond acceptors (Lipinski definition) is 7. The predicted octanol–water partition coefficient (Wildman–Crippen LogP) is 5.21. The number of sulfonamides is 1. The van der Waals surface area contributed by atoms with E-state index in [0.717, 1.165) is 49.4 Å². The van der Waals surface area contributed by atoms with Gasteiger partial charge in [0.15, 0.2) is 0 Å². The molecule has 2 aromatic carbocycles. The molecule has 2 saturated heterocycles. The molecule has 2 aliphatic rings. The molecule has 1 aromatic heterocycles. The van der Waals surface area contributed by atoms with Crippen LogP contribution in [0.1, 0.15) is 36.7 Å². The average molecular weight is 584 g/mol. The molecule has 0 aliphatic carbocycles. The van der Waals surface area contributed by atoms with Crippen molar-refractivity contribution >= 4 is 33.6 Å². The van der Waals surface area contributed by atoms with Crippen LogP contribution < -0.4 is 5.32 Å². The fraction of sp³-hybridized carbons (Fsp3) is 0.448. The molecule has 3 aromatic rings. The molecule has 2 aliphatic heterocycles. The van der Waals surface area contributed by atoms with Gasteiger partial charge >= 0.3 is 6.09 Å². The molecule has 2 fully saturated rings. The number of amides is 1. The number of H-pyrrole nitrogens is 1. The second-order valence-corrected chi connectivity index (χ2v) is 13.5. The first-order valence-corrected chi connectivity index (χ1v) is 16.6. The summed E-state index contributed by atoms with van der Waals surface area (Å²) < 4.78 is 30.3. The second-order valence-electron chi connectivity index (χ2n) is 10.7. The number of nitrogens with one attached hydrogen (secondary N) is 2. The van der Waals surface area contributed by atoms with Crippen molar-refractivity contribution in [3.8, 4) is 11.3 Å². The van der Waals surface area contributed by atoms with E-state index in [9.17, 15) is 13.2 Å². The first kappa shape index (κ1) is 28.7. The van der Waals surface area contributed by atoms with Gasteiger partial charge in [-0.05, 0) is 72.7 Å². The van der Waals surface area contributed by atoms with Gasteiger partial charge < -0.3 is 9.72 Å². The molecule has 0 unspecified atom stereocenters. The summed E-state index contributed by atoms with van der Waals surface area (Å²) in [5.74, 6) is 1.92. The van der Waals surface area contributed by atoms with Gasteiger partial charge in [0.25, 0.3) is 0 Å². The molecule has 5 rings (SSSR count). The zero-order valence-electron chi connectivity index (χ0n) is 23.2. The van der Waals surface area contributed by atoms with E-state index in [2.05, 4.69) is 50.5 Å². The average Bonchev–Trinajstić information content (AvgIpc) is 3.61. The highest BCUT2D eigenvalue weighted by atomic mass is 32.2. The van der Waals surface area contributed by atoms with Crippen LogP contribution in [0.3, 0.4) is 0 Å². The highest BCUT2D eigenvalue weighted by Crippen LogP contribution is 2.42. The maximum atomic E-state index is 12.0. The molecule has 2 N–H and O–H groups in total. The number of thioether (sulfide) groups is 1. The number of aromatic nitrogens is 2. The lowest BCUT2D eigenvalue weighted by molar-refractivity contribution is 0.187. The molecule has 3 heterocycles. The van der Waals surface area contributed by atoms with Crippen molar-refractivity contribution in [1.82, 2.24) is 19.2 Å². The number of methoxy groups -OCH3 is 1. The number of benzene rings is 2. The Balaban J connectivity index is 1.33. The van der Waals surface area contributed by atoms with Gasteiger partial charge in [-0.3, -0.25) is 10.2 Å². The fourth-order valence-corrected chi connectivity index (χ4v) is 7.22. The van der Waals surface area contributed by atoms with E-state index in [1.807, 2.05) is 30.5 Å². The smallest absolute Gasteiger partial charge is 0.411 e. The number of anilines is 1. The SMILES string of the molecule is COC(=O)Nc1ccc(-c2cnc([C@@H]3C[C@H](C4CCN(S(C)(=O)=O)CC4)CN3Cc3ccc(SC)cc3)[nH]2)cc1. The van der Waals surface area contributed by atoms with Crippen molar-refractivity contribution in [2.45, 2.75) is 36.7 Å². The van der Waals surface area contributed by atoms with Crippen LogP contribution in [0.25, 0.3) is 11.3 Å².